The Morgan fingerprint density at radius 2 is 1.72 bits per heavy atom. The van der Waals surface area contributed by atoms with Crippen LogP contribution in [0.1, 0.15) is 24.5 Å². The van der Waals surface area contributed by atoms with Crippen LogP contribution in [-0.4, -0.2) is 41.1 Å². The summed E-state index contributed by atoms with van der Waals surface area (Å²) < 4.78 is 39.6. The Morgan fingerprint density at radius 1 is 1.03 bits per heavy atom. The molecule has 9 heteroatoms. The zero-order valence-corrected chi connectivity index (χ0v) is 23.1. The van der Waals surface area contributed by atoms with Crippen LogP contribution in [0.2, 0.25) is 0 Å². The van der Waals surface area contributed by atoms with Crippen molar-refractivity contribution >= 4 is 37.5 Å². The average Bonchev–Trinajstić information content (AvgIpc) is 2.87. The van der Waals surface area contributed by atoms with Crippen LogP contribution in [0.15, 0.2) is 76.1 Å². The molecule has 0 heterocycles. The lowest BCUT2D eigenvalue weighted by molar-refractivity contribution is -0.119. The molecule has 192 valence electrons. The molecule has 7 nitrogen and oxygen atoms in total. The topological polar surface area (TPSA) is 84.9 Å². The van der Waals surface area contributed by atoms with Crippen molar-refractivity contribution in [1.82, 2.24) is 5.32 Å². The van der Waals surface area contributed by atoms with Crippen molar-refractivity contribution in [1.29, 1.82) is 0 Å². The zero-order chi connectivity index (χ0) is 26.1. The monoisotopic (exact) mass is 574 g/mol. The lowest BCUT2D eigenvalue weighted by Gasteiger charge is -2.24. The first kappa shape index (κ1) is 27.5. The smallest absolute Gasteiger partial charge is 0.264 e. The molecule has 0 aromatic heterocycles. The predicted octanol–water partition coefficient (Wildman–Crippen LogP) is 5.11. The normalized spacial score (nSPS) is 11.1. The number of halogens is 1. The molecule has 3 aromatic carbocycles. The van der Waals surface area contributed by atoms with E-state index in [9.17, 15) is 13.2 Å². The third-order valence-electron chi connectivity index (χ3n) is 5.48. The van der Waals surface area contributed by atoms with E-state index in [-0.39, 0.29) is 24.6 Å². The van der Waals surface area contributed by atoms with Gasteiger partial charge < -0.3 is 14.8 Å². The quantitative estimate of drug-likeness (QED) is 0.304. The van der Waals surface area contributed by atoms with Gasteiger partial charge in [-0.1, -0.05) is 43.2 Å². The van der Waals surface area contributed by atoms with E-state index in [2.05, 4.69) is 28.2 Å². The van der Waals surface area contributed by atoms with Gasteiger partial charge in [0.15, 0.2) is 0 Å². The first-order chi connectivity index (χ1) is 17.2. The highest BCUT2D eigenvalue weighted by Crippen LogP contribution is 2.30. The minimum atomic E-state index is -4.04. The number of nitrogens with zero attached hydrogens (tertiary/aromatic N) is 1. The molecule has 0 fully saturated rings. The van der Waals surface area contributed by atoms with Gasteiger partial charge in [0.2, 0.25) is 5.91 Å². The Morgan fingerprint density at radius 3 is 2.33 bits per heavy atom. The maximum Gasteiger partial charge on any atom is 0.264 e. The molecule has 0 saturated carbocycles. The Labute approximate surface area is 221 Å². The van der Waals surface area contributed by atoms with Crippen molar-refractivity contribution < 1.29 is 22.7 Å². The molecular formula is C27H31BrN2O5S. The van der Waals surface area contributed by atoms with Gasteiger partial charge in [0.05, 0.1) is 28.7 Å². The molecule has 0 radical (unpaired) electrons. The number of hydrogen-bond donors (Lipinski definition) is 1. The summed E-state index contributed by atoms with van der Waals surface area (Å²) in [7, 11) is -2.53. The summed E-state index contributed by atoms with van der Waals surface area (Å²) in [4.78, 5) is 12.8. The molecule has 36 heavy (non-hydrogen) atoms. The highest BCUT2D eigenvalue weighted by molar-refractivity contribution is 9.10. The summed E-state index contributed by atoms with van der Waals surface area (Å²) in [5, 5.41) is 2.75. The molecule has 3 aromatic rings. The van der Waals surface area contributed by atoms with Crippen LogP contribution in [0.5, 0.6) is 11.5 Å². The summed E-state index contributed by atoms with van der Waals surface area (Å²) in [6.45, 7) is 4.18. The van der Waals surface area contributed by atoms with E-state index in [1.165, 1.54) is 24.8 Å². The van der Waals surface area contributed by atoms with Gasteiger partial charge in [-0.25, -0.2) is 8.42 Å². The van der Waals surface area contributed by atoms with Crippen LogP contribution in [-0.2, 0) is 21.2 Å². The second-order valence-electron chi connectivity index (χ2n) is 8.24. The van der Waals surface area contributed by atoms with Crippen LogP contribution in [0, 0.1) is 6.92 Å². The number of rotatable bonds is 12. The van der Waals surface area contributed by atoms with E-state index in [0.717, 1.165) is 28.5 Å². The van der Waals surface area contributed by atoms with Gasteiger partial charge in [-0.2, -0.15) is 0 Å². The molecule has 0 saturated heterocycles. The van der Waals surface area contributed by atoms with Gasteiger partial charge in [0, 0.05) is 0 Å². The van der Waals surface area contributed by atoms with Crippen molar-refractivity contribution in [3.05, 3.63) is 82.3 Å². The maximum absolute atomic E-state index is 13.6. The largest absolute Gasteiger partial charge is 0.496 e. The lowest BCUT2D eigenvalue weighted by Crippen LogP contribution is -2.41. The summed E-state index contributed by atoms with van der Waals surface area (Å²) in [5.41, 5.74) is 2.62. The van der Waals surface area contributed by atoms with Crippen molar-refractivity contribution in [3.8, 4) is 11.5 Å². The Bertz CT molecular complexity index is 1260. The minimum absolute atomic E-state index is 0.0402. The maximum atomic E-state index is 13.6. The lowest BCUT2D eigenvalue weighted by atomic mass is 10.1. The fourth-order valence-electron chi connectivity index (χ4n) is 3.55. The third kappa shape index (κ3) is 7.24. The summed E-state index contributed by atoms with van der Waals surface area (Å²) in [5.74, 6) is 0.792. The number of anilines is 1. The molecular weight excluding hydrogens is 544 g/mol. The number of carbonyl (C=O) groups is 1. The zero-order valence-electron chi connectivity index (χ0n) is 20.7. The van der Waals surface area contributed by atoms with Crippen LogP contribution in [0.25, 0.3) is 0 Å². The van der Waals surface area contributed by atoms with Gasteiger partial charge in [0.25, 0.3) is 10.0 Å². The standard InChI is InChI=1S/C27H31BrN2O5S/c1-4-5-21-8-12-23(13-9-21)35-17-16-29-27(31)19-30(22-10-6-20(2)7-11-22)36(32,33)24-14-15-26(34-3)25(28)18-24/h6-15,18H,4-5,16-17,19H2,1-3H3,(H,29,31). The highest BCUT2D eigenvalue weighted by atomic mass is 79.9. The van der Waals surface area contributed by atoms with Gasteiger partial charge in [-0.3, -0.25) is 9.10 Å². The summed E-state index contributed by atoms with van der Waals surface area (Å²) in [6.07, 6.45) is 2.10. The van der Waals surface area contributed by atoms with E-state index in [4.69, 9.17) is 9.47 Å². The number of sulfonamides is 1. The first-order valence-corrected chi connectivity index (χ1v) is 13.9. The second-order valence-corrected chi connectivity index (χ2v) is 11.0. The van der Waals surface area contributed by atoms with Crippen LogP contribution >= 0.6 is 15.9 Å². The molecule has 0 aliphatic rings. The van der Waals surface area contributed by atoms with E-state index in [0.29, 0.717) is 15.9 Å². The number of hydrogen-bond acceptors (Lipinski definition) is 5. The third-order valence-corrected chi connectivity index (χ3v) is 7.86. The van der Waals surface area contributed by atoms with Crippen LogP contribution in [0.3, 0.4) is 0 Å². The SMILES string of the molecule is CCCc1ccc(OCCNC(=O)CN(c2ccc(C)cc2)S(=O)(=O)c2ccc(OC)c(Br)c2)cc1. The minimum Gasteiger partial charge on any atom is -0.496 e. The number of ether oxygens (including phenoxy) is 2. The molecule has 3 rings (SSSR count). The number of amides is 1. The molecule has 0 unspecified atom stereocenters. The predicted molar refractivity (Wildman–Crippen MR) is 145 cm³/mol. The highest BCUT2D eigenvalue weighted by Gasteiger charge is 2.28. The van der Waals surface area contributed by atoms with E-state index in [1.54, 1.807) is 30.3 Å². The molecule has 0 aliphatic heterocycles. The van der Waals surface area contributed by atoms with E-state index < -0.39 is 15.9 Å². The van der Waals surface area contributed by atoms with E-state index >= 15 is 0 Å². The van der Waals surface area contributed by atoms with E-state index in [1.807, 2.05) is 31.2 Å². The summed E-state index contributed by atoms with van der Waals surface area (Å²) >= 11 is 3.34. The Balaban J connectivity index is 1.69. The van der Waals surface area contributed by atoms with Crippen LogP contribution in [0.4, 0.5) is 5.69 Å². The van der Waals surface area contributed by atoms with Crippen molar-refractivity contribution in [2.24, 2.45) is 0 Å². The molecule has 1 N–H and O–H groups in total. The number of benzene rings is 3. The molecule has 0 bridgehead atoms. The fourth-order valence-corrected chi connectivity index (χ4v) is 5.69. The van der Waals surface area contributed by atoms with Crippen molar-refractivity contribution in [2.75, 3.05) is 31.1 Å². The molecule has 0 atom stereocenters. The fraction of sp³-hybridized carbons (Fsp3) is 0.296. The number of nitrogens with one attached hydrogen (secondary N) is 1. The number of methoxy groups -OCH3 is 1. The number of aryl methyl sites for hydroxylation is 2. The number of carbonyl (C=O) groups excluding carboxylic acids is 1. The first-order valence-electron chi connectivity index (χ1n) is 11.7. The van der Waals surface area contributed by atoms with Gasteiger partial charge in [-0.05, 0) is 77.3 Å². The second kappa shape index (κ2) is 12.8. The average molecular weight is 576 g/mol. The molecule has 0 spiro atoms. The van der Waals surface area contributed by atoms with Gasteiger partial charge in [-0.15, -0.1) is 0 Å². The van der Waals surface area contributed by atoms with Gasteiger partial charge in [0.1, 0.15) is 24.7 Å². The van der Waals surface area contributed by atoms with Crippen molar-refractivity contribution in [2.45, 2.75) is 31.6 Å². The molecule has 1 amide bonds. The Hall–Kier alpha value is -3.04. The summed E-state index contributed by atoms with van der Waals surface area (Å²) in [6, 6.07) is 19.3. The Kier molecular flexibility index (Phi) is 9.78. The van der Waals surface area contributed by atoms with Gasteiger partial charge >= 0.3 is 0 Å². The van der Waals surface area contributed by atoms with Crippen molar-refractivity contribution in [3.63, 3.8) is 0 Å². The van der Waals surface area contributed by atoms with Crippen LogP contribution < -0.4 is 19.1 Å². The molecule has 0 aliphatic carbocycles.